The number of amides is 1. The Labute approximate surface area is 174 Å². The van der Waals surface area contributed by atoms with Gasteiger partial charge < -0.3 is 25.4 Å². The minimum absolute atomic E-state index is 0.0469. The molecule has 162 valence electrons. The van der Waals surface area contributed by atoms with Crippen molar-refractivity contribution in [3.8, 4) is 5.75 Å². The molecule has 1 aliphatic rings. The Balaban J connectivity index is 1.81. The number of aryl methyl sites for hydroxylation is 1. The van der Waals surface area contributed by atoms with Crippen LogP contribution in [0.4, 0.5) is 0 Å². The van der Waals surface area contributed by atoms with E-state index in [2.05, 4.69) is 53.0 Å². The van der Waals surface area contributed by atoms with Crippen LogP contribution in [-0.2, 0) is 16.1 Å². The van der Waals surface area contributed by atoms with Crippen LogP contribution in [0.1, 0.15) is 50.7 Å². The Morgan fingerprint density at radius 2 is 2.21 bits per heavy atom. The Hall–Kier alpha value is -2.28. The van der Waals surface area contributed by atoms with Gasteiger partial charge in [0, 0.05) is 44.8 Å². The molecule has 1 aliphatic heterocycles. The zero-order valence-electron chi connectivity index (χ0n) is 18.2. The van der Waals surface area contributed by atoms with Crippen LogP contribution in [0.5, 0.6) is 5.75 Å². The summed E-state index contributed by atoms with van der Waals surface area (Å²) in [5.41, 5.74) is 2.22. The molecule has 7 heteroatoms. The van der Waals surface area contributed by atoms with Crippen molar-refractivity contribution in [2.45, 2.75) is 65.1 Å². The second kappa shape index (κ2) is 12.3. The fourth-order valence-electron chi connectivity index (χ4n) is 3.04. The summed E-state index contributed by atoms with van der Waals surface area (Å²) in [7, 11) is 1.72. The molecule has 0 spiro atoms. The molecule has 1 aromatic carbocycles. The maximum absolute atomic E-state index is 11.9. The standard InChI is InChI=1S/C22H36N4O3/c1-5-17(3)26-21(27)10-11-24-22(23-4)25-14-18-9-8-16(2)13-20(18)29-15-19-7-6-12-28-19/h8-9,13,17,19H,5-7,10-12,14-15H2,1-4H3,(H,26,27)(H2,23,24,25). The molecule has 0 aromatic heterocycles. The van der Waals surface area contributed by atoms with Gasteiger partial charge in [0.2, 0.25) is 5.91 Å². The fourth-order valence-corrected chi connectivity index (χ4v) is 3.04. The minimum atomic E-state index is 0.0469. The highest BCUT2D eigenvalue weighted by Crippen LogP contribution is 2.22. The van der Waals surface area contributed by atoms with E-state index in [4.69, 9.17) is 9.47 Å². The van der Waals surface area contributed by atoms with E-state index in [-0.39, 0.29) is 18.1 Å². The SMILES string of the molecule is CCC(C)NC(=O)CCNC(=NC)NCc1ccc(C)cc1OCC1CCCO1. The Kier molecular flexibility index (Phi) is 9.77. The second-order valence-corrected chi connectivity index (χ2v) is 7.54. The third-order valence-corrected chi connectivity index (χ3v) is 5.01. The second-order valence-electron chi connectivity index (χ2n) is 7.54. The van der Waals surface area contributed by atoms with Crippen LogP contribution in [0.15, 0.2) is 23.2 Å². The van der Waals surface area contributed by atoms with Gasteiger partial charge in [0.25, 0.3) is 0 Å². The van der Waals surface area contributed by atoms with Crippen molar-refractivity contribution < 1.29 is 14.3 Å². The van der Waals surface area contributed by atoms with Crippen molar-refractivity contribution in [3.63, 3.8) is 0 Å². The Morgan fingerprint density at radius 1 is 1.38 bits per heavy atom. The van der Waals surface area contributed by atoms with Crippen molar-refractivity contribution in [1.29, 1.82) is 0 Å². The molecule has 1 saturated heterocycles. The topological polar surface area (TPSA) is 84.0 Å². The van der Waals surface area contributed by atoms with E-state index in [0.29, 0.717) is 32.1 Å². The quantitative estimate of drug-likeness (QED) is 0.412. The average molecular weight is 405 g/mol. The van der Waals surface area contributed by atoms with E-state index >= 15 is 0 Å². The summed E-state index contributed by atoms with van der Waals surface area (Å²) in [6.07, 6.45) is 3.68. The lowest BCUT2D eigenvalue weighted by molar-refractivity contribution is -0.121. The van der Waals surface area contributed by atoms with Gasteiger partial charge in [0.1, 0.15) is 12.4 Å². The van der Waals surface area contributed by atoms with E-state index in [9.17, 15) is 4.79 Å². The number of aliphatic imine (C=N–C) groups is 1. The van der Waals surface area contributed by atoms with Gasteiger partial charge in [-0.05, 0) is 44.7 Å². The highest BCUT2D eigenvalue weighted by Gasteiger charge is 2.17. The molecule has 1 heterocycles. The number of nitrogens with one attached hydrogen (secondary N) is 3. The first-order valence-electron chi connectivity index (χ1n) is 10.6. The summed E-state index contributed by atoms with van der Waals surface area (Å²) in [6, 6.07) is 6.40. The van der Waals surface area contributed by atoms with E-state index in [1.165, 1.54) is 0 Å². The van der Waals surface area contributed by atoms with E-state index in [1.54, 1.807) is 7.05 Å². The largest absolute Gasteiger partial charge is 0.491 e. The van der Waals surface area contributed by atoms with Crippen molar-refractivity contribution >= 4 is 11.9 Å². The molecule has 1 fully saturated rings. The molecule has 0 radical (unpaired) electrons. The molecule has 0 bridgehead atoms. The molecular formula is C22H36N4O3. The van der Waals surface area contributed by atoms with Crippen LogP contribution >= 0.6 is 0 Å². The van der Waals surface area contributed by atoms with Crippen molar-refractivity contribution in [2.24, 2.45) is 4.99 Å². The predicted molar refractivity (Wildman–Crippen MR) is 116 cm³/mol. The maximum atomic E-state index is 11.9. The van der Waals surface area contributed by atoms with Gasteiger partial charge in [-0.2, -0.15) is 0 Å². The number of hydrogen-bond acceptors (Lipinski definition) is 4. The number of rotatable bonds is 10. The van der Waals surface area contributed by atoms with Gasteiger partial charge in [0.15, 0.2) is 5.96 Å². The van der Waals surface area contributed by atoms with Crippen molar-refractivity contribution in [1.82, 2.24) is 16.0 Å². The van der Waals surface area contributed by atoms with E-state index in [0.717, 1.165) is 42.7 Å². The van der Waals surface area contributed by atoms with E-state index in [1.807, 2.05) is 6.92 Å². The number of guanidine groups is 1. The lowest BCUT2D eigenvalue weighted by Crippen LogP contribution is -2.40. The summed E-state index contributed by atoms with van der Waals surface area (Å²) in [5, 5.41) is 9.44. The number of carbonyl (C=O) groups excluding carboxylic acids is 1. The number of carbonyl (C=O) groups is 1. The monoisotopic (exact) mass is 404 g/mol. The molecule has 3 N–H and O–H groups in total. The molecule has 1 amide bonds. The lowest BCUT2D eigenvalue weighted by atomic mass is 10.1. The number of nitrogens with zero attached hydrogens (tertiary/aromatic N) is 1. The highest BCUT2D eigenvalue weighted by molar-refractivity contribution is 5.81. The lowest BCUT2D eigenvalue weighted by Gasteiger charge is -2.17. The van der Waals surface area contributed by atoms with Crippen LogP contribution in [0.2, 0.25) is 0 Å². The van der Waals surface area contributed by atoms with Crippen LogP contribution < -0.4 is 20.7 Å². The van der Waals surface area contributed by atoms with Crippen LogP contribution in [-0.4, -0.2) is 50.8 Å². The van der Waals surface area contributed by atoms with Crippen LogP contribution in [0.25, 0.3) is 0 Å². The number of ether oxygens (including phenoxy) is 2. The van der Waals surface area contributed by atoms with Crippen molar-refractivity contribution in [3.05, 3.63) is 29.3 Å². The van der Waals surface area contributed by atoms with Gasteiger partial charge in [-0.3, -0.25) is 9.79 Å². The van der Waals surface area contributed by atoms with Gasteiger partial charge >= 0.3 is 0 Å². The van der Waals surface area contributed by atoms with Gasteiger partial charge in [0.05, 0.1) is 6.10 Å². The van der Waals surface area contributed by atoms with Crippen LogP contribution in [0, 0.1) is 6.92 Å². The molecule has 0 saturated carbocycles. The Morgan fingerprint density at radius 3 is 2.90 bits per heavy atom. The molecular weight excluding hydrogens is 368 g/mol. The summed E-state index contributed by atoms with van der Waals surface area (Å²) >= 11 is 0. The zero-order valence-corrected chi connectivity index (χ0v) is 18.2. The molecule has 2 rings (SSSR count). The zero-order chi connectivity index (χ0) is 21.1. The summed E-state index contributed by atoms with van der Waals surface area (Å²) in [6.45, 7) is 8.63. The molecule has 7 nitrogen and oxygen atoms in total. The third-order valence-electron chi connectivity index (χ3n) is 5.01. The first-order chi connectivity index (χ1) is 14.0. The van der Waals surface area contributed by atoms with Crippen molar-refractivity contribution in [2.75, 3.05) is 26.8 Å². The average Bonchev–Trinajstić information content (AvgIpc) is 3.23. The maximum Gasteiger partial charge on any atom is 0.221 e. The first kappa shape index (κ1) is 23.0. The smallest absolute Gasteiger partial charge is 0.221 e. The van der Waals surface area contributed by atoms with Gasteiger partial charge in [-0.1, -0.05) is 19.1 Å². The molecule has 29 heavy (non-hydrogen) atoms. The summed E-state index contributed by atoms with van der Waals surface area (Å²) in [5.74, 6) is 1.58. The third kappa shape index (κ3) is 8.31. The number of hydrogen-bond donors (Lipinski definition) is 3. The van der Waals surface area contributed by atoms with Gasteiger partial charge in [-0.15, -0.1) is 0 Å². The Bertz CT molecular complexity index is 672. The van der Waals surface area contributed by atoms with E-state index < -0.39 is 0 Å². The highest BCUT2D eigenvalue weighted by atomic mass is 16.5. The minimum Gasteiger partial charge on any atom is -0.491 e. The molecule has 1 aromatic rings. The molecule has 0 aliphatic carbocycles. The molecule has 2 unspecified atom stereocenters. The predicted octanol–water partition coefficient (Wildman–Crippen LogP) is 2.52. The summed E-state index contributed by atoms with van der Waals surface area (Å²) < 4.78 is 11.7. The fraction of sp³-hybridized carbons (Fsp3) is 0.636. The molecule has 2 atom stereocenters. The normalized spacial score (nSPS) is 17.7. The van der Waals surface area contributed by atoms with Crippen LogP contribution in [0.3, 0.4) is 0 Å². The first-order valence-corrected chi connectivity index (χ1v) is 10.6. The number of benzene rings is 1. The van der Waals surface area contributed by atoms with Gasteiger partial charge in [-0.25, -0.2) is 0 Å². The summed E-state index contributed by atoms with van der Waals surface area (Å²) in [4.78, 5) is 16.1.